The molecule has 17 heavy (non-hydrogen) atoms. The number of nitrogens with one attached hydrogen (secondary N) is 1. The van der Waals surface area contributed by atoms with Gasteiger partial charge in [0.25, 0.3) is 5.91 Å². The Balaban J connectivity index is 2.50. The van der Waals surface area contributed by atoms with Crippen LogP contribution in [0.4, 0.5) is 10.1 Å². The van der Waals surface area contributed by atoms with Gasteiger partial charge in [-0.2, -0.15) is 0 Å². The van der Waals surface area contributed by atoms with E-state index in [4.69, 9.17) is 10.5 Å². The van der Waals surface area contributed by atoms with Crippen LogP contribution in [-0.2, 0) is 4.74 Å². The van der Waals surface area contributed by atoms with E-state index in [0.29, 0.717) is 13.2 Å². The van der Waals surface area contributed by atoms with Crippen molar-refractivity contribution < 1.29 is 13.9 Å². The summed E-state index contributed by atoms with van der Waals surface area (Å²) in [6.45, 7) is 4.60. The topological polar surface area (TPSA) is 64.3 Å². The number of carbonyl (C=O) groups is 1. The SMILES string of the molecule is CC(C)OCCNC(=O)c1cccc(F)c1N. The number of anilines is 1. The molecule has 5 heteroatoms. The van der Waals surface area contributed by atoms with Crippen molar-refractivity contribution in [3.63, 3.8) is 0 Å². The molecule has 0 bridgehead atoms. The standard InChI is InChI=1S/C12H17FN2O2/c1-8(2)17-7-6-15-12(16)9-4-3-5-10(13)11(9)14/h3-5,8H,6-7,14H2,1-2H3,(H,15,16). The van der Waals surface area contributed by atoms with Gasteiger partial charge in [0.15, 0.2) is 0 Å². The van der Waals surface area contributed by atoms with Crippen LogP contribution in [0.5, 0.6) is 0 Å². The molecule has 0 radical (unpaired) electrons. The van der Waals surface area contributed by atoms with Crippen LogP contribution in [0, 0.1) is 5.82 Å². The van der Waals surface area contributed by atoms with Crippen LogP contribution in [0.25, 0.3) is 0 Å². The molecule has 0 aromatic heterocycles. The number of nitrogen functional groups attached to an aromatic ring is 1. The average molecular weight is 240 g/mol. The van der Waals surface area contributed by atoms with Crippen LogP contribution in [0.2, 0.25) is 0 Å². The molecule has 0 aliphatic heterocycles. The Labute approximate surface area is 100.0 Å². The van der Waals surface area contributed by atoms with Crippen LogP contribution < -0.4 is 11.1 Å². The summed E-state index contributed by atoms with van der Waals surface area (Å²) in [6.07, 6.45) is 0.117. The van der Waals surface area contributed by atoms with E-state index < -0.39 is 11.7 Å². The highest BCUT2D eigenvalue weighted by atomic mass is 19.1. The van der Waals surface area contributed by atoms with Gasteiger partial charge in [0.2, 0.25) is 0 Å². The third-order valence-corrected chi connectivity index (χ3v) is 2.14. The van der Waals surface area contributed by atoms with Crippen LogP contribution in [-0.4, -0.2) is 25.2 Å². The van der Waals surface area contributed by atoms with E-state index >= 15 is 0 Å². The zero-order chi connectivity index (χ0) is 12.8. The zero-order valence-electron chi connectivity index (χ0n) is 10.00. The summed E-state index contributed by atoms with van der Waals surface area (Å²) in [4.78, 5) is 11.6. The van der Waals surface area contributed by atoms with Gasteiger partial charge in [-0.05, 0) is 26.0 Å². The minimum atomic E-state index is -0.587. The number of ether oxygens (including phenoxy) is 1. The predicted octanol–water partition coefficient (Wildman–Crippen LogP) is 1.56. The normalized spacial score (nSPS) is 10.6. The van der Waals surface area contributed by atoms with Gasteiger partial charge in [-0.3, -0.25) is 4.79 Å². The number of halogens is 1. The smallest absolute Gasteiger partial charge is 0.253 e. The van der Waals surface area contributed by atoms with Gasteiger partial charge in [-0.15, -0.1) is 0 Å². The molecule has 0 heterocycles. The van der Waals surface area contributed by atoms with Crippen molar-refractivity contribution in [1.82, 2.24) is 5.32 Å². The molecule has 0 aliphatic rings. The molecule has 1 amide bonds. The largest absolute Gasteiger partial charge is 0.396 e. The van der Waals surface area contributed by atoms with Gasteiger partial charge in [-0.25, -0.2) is 4.39 Å². The number of carbonyl (C=O) groups excluding carboxylic acids is 1. The number of rotatable bonds is 5. The van der Waals surface area contributed by atoms with Crippen molar-refractivity contribution in [3.05, 3.63) is 29.6 Å². The molecule has 0 spiro atoms. The second-order valence-corrected chi connectivity index (χ2v) is 3.88. The van der Waals surface area contributed by atoms with Gasteiger partial charge in [0.05, 0.1) is 24.0 Å². The van der Waals surface area contributed by atoms with E-state index in [1.54, 1.807) is 0 Å². The van der Waals surface area contributed by atoms with Crippen LogP contribution in [0.15, 0.2) is 18.2 Å². The Morgan fingerprint density at radius 3 is 2.88 bits per heavy atom. The lowest BCUT2D eigenvalue weighted by atomic mass is 10.1. The van der Waals surface area contributed by atoms with Gasteiger partial charge >= 0.3 is 0 Å². The highest BCUT2D eigenvalue weighted by Gasteiger charge is 2.11. The molecule has 1 aromatic carbocycles. The number of hydrogen-bond donors (Lipinski definition) is 2. The van der Waals surface area contributed by atoms with Crippen LogP contribution >= 0.6 is 0 Å². The third kappa shape index (κ3) is 4.03. The number of nitrogens with two attached hydrogens (primary N) is 1. The summed E-state index contributed by atoms with van der Waals surface area (Å²) >= 11 is 0. The molecule has 0 atom stereocenters. The van der Waals surface area contributed by atoms with Crippen molar-refractivity contribution in [2.75, 3.05) is 18.9 Å². The Bertz CT molecular complexity index is 394. The first-order valence-electron chi connectivity index (χ1n) is 5.46. The Morgan fingerprint density at radius 1 is 1.53 bits per heavy atom. The van der Waals surface area contributed by atoms with Crippen molar-refractivity contribution in [3.8, 4) is 0 Å². The fourth-order valence-corrected chi connectivity index (χ4v) is 1.29. The lowest BCUT2D eigenvalue weighted by Crippen LogP contribution is -2.28. The Kier molecular flexibility index (Phi) is 4.90. The first kappa shape index (κ1) is 13.4. The maximum Gasteiger partial charge on any atom is 0.253 e. The summed E-state index contributed by atoms with van der Waals surface area (Å²) in [6, 6.07) is 4.15. The maximum atomic E-state index is 13.1. The molecule has 1 rings (SSSR count). The first-order valence-corrected chi connectivity index (χ1v) is 5.46. The van der Waals surface area contributed by atoms with E-state index in [0.717, 1.165) is 0 Å². The van der Waals surface area contributed by atoms with Crippen molar-refractivity contribution in [2.24, 2.45) is 0 Å². The molecule has 0 unspecified atom stereocenters. The third-order valence-electron chi connectivity index (χ3n) is 2.14. The molecule has 0 saturated carbocycles. The zero-order valence-corrected chi connectivity index (χ0v) is 10.00. The van der Waals surface area contributed by atoms with Gasteiger partial charge in [0.1, 0.15) is 5.82 Å². The molecule has 94 valence electrons. The molecule has 0 aliphatic carbocycles. The monoisotopic (exact) mass is 240 g/mol. The van der Waals surface area contributed by atoms with E-state index in [1.807, 2.05) is 13.8 Å². The molecular weight excluding hydrogens is 223 g/mol. The summed E-state index contributed by atoms with van der Waals surface area (Å²) in [5, 5.41) is 2.61. The second kappa shape index (κ2) is 6.20. The Hall–Kier alpha value is -1.62. The highest BCUT2D eigenvalue weighted by molar-refractivity contribution is 5.99. The summed E-state index contributed by atoms with van der Waals surface area (Å²) < 4.78 is 18.4. The van der Waals surface area contributed by atoms with Crippen LogP contribution in [0.1, 0.15) is 24.2 Å². The fourth-order valence-electron chi connectivity index (χ4n) is 1.29. The van der Waals surface area contributed by atoms with E-state index in [-0.39, 0.29) is 17.4 Å². The van der Waals surface area contributed by atoms with Crippen LogP contribution in [0.3, 0.4) is 0 Å². The van der Waals surface area contributed by atoms with Gasteiger partial charge in [0, 0.05) is 6.54 Å². The second-order valence-electron chi connectivity index (χ2n) is 3.88. The number of benzene rings is 1. The van der Waals surface area contributed by atoms with Gasteiger partial charge < -0.3 is 15.8 Å². The fraction of sp³-hybridized carbons (Fsp3) is 0.417. The quantitative estimate of drug-likeness (QED) is 0.606. The van der Waals surface area contributed by atoms with Crippen molar-refractivity contribution in [1.29, 1.82) is 0 Å². The van der Waals surface area contributed by atoms with E-state index in [9.17, 15) is 9.18 Å². The van der Waals surface area contributed by atoms with Crippen molar-refractivity contribution >= 4 is 11.6 Å². The molecular formula is C12H17FN2O2. The van der Waals surface area contributed by atoms with Crippen molar-refractivity contribution in [2.45, 2.75) is 20.0 Å². The maximum absolute atomic E-state index is 13.1. The molecule has 3 N–H and O–H groups in total. The lowest BCUT2D eigenvalue weighted by molar-refractivity contribution is 0.0747. The van der Waals surface area contributed by atoms with Gasteiger partial charge in [-0.1, -0.05) is 6.07 Å². The average Bonchev–Trinajstić information content (AvgIpc) is 2.27. The minimum Gasteiger partial charge on any atom is -0.396 e. The lowest BCUT2D eigenvalue weighted by Gasteiger charge is -2.10. The molecule has 0 saturated heterocycles. The predicted molar refractivity (Wildman–Crippen MR) is 64.2 cm³/mol. The number of para-hydroxylation sites is 1. The minimum absolute atomic E-state index is 0.117. The first-order chi connectivity index (χ1) is 8.02. The summed E-state index contributed by atoms with van der Waals surface area (Å²) in [5.74, 6) is -0.981. The summed E-state index contributed by atoms with van der Waals surface area (Å²) in [5.41, 5.74) is 5.49. The van der Waals surface area contributed by atoms with E-state index in [2.05, 4.69) is 5.32 Å². The molecule has 0 fully saturated rings. The highest BCUT2D eigenvalue weighted by Crippen LogP contribution is 2.15. The number of amides is 1. The molecule has 1 aromatic rings. The Morgan fingerprint density at radius 2 is 2.24 bits per heavy atom. The number of hydrogen-bond acceptors (Lipinski definition) is 3. The molecule has 4 nitrogen and oxygen atoms in total. The summed E-state index contributed by atoms with van der Waals surface area (Å²) in [7, 11) is 0. The van der Waals surface area contributed by atoms with E-state index in [1.165, 1.54) is 18.2 Å².